The van der Waals surface area contributed by atoms with Gasteiger partial charge in [-0.05, 0) is 43.8 Å². The molecule has 1 rings (SSSR count). The maximum absolute atomic E-state index is 5.83. The zero-order chi connectivity index (χ0) is 11.8. The summed E-state index contributed by atoms with van der Waals surface area (Å²) in [4.78, 5) is 0. The molecule has 0 bridgehead atoms. The Morgan fingerprint density at radius 1 is 1.19 bits per heavy atom. The fraction of sp³-hybridized carbons (Fsp3) is 0.538. The molecule has 1 unspecified atom stereocenters. The highest BCUT2D eigenvalue weighted by molar-refractivity contribution is 6.30. The number of halogens is 1. The molecule has 3 heteroatoms. The van der Waals surface area contributed by atoms with E-state index < -0.39 is 0 Å². The van der Waals surface area contributed by atoms with E-state index in [1.807, 2.05) is 19.2 Å². The van der Waals surface area contributed by atoms with Crippen LogP contribution in [0.15, 0.2) is 24.3 Å². The fourth-order valence-electron chi connectivity index (χ4n) is 1.67. The van der Waals surface area contributed by atoms with Gasteiger partial charge in [0.05, 0.1) is 0 Å². The van der Waals surface area contributed by atoms with Crippen LogP contribution in [0, 0.1) is 5.92 Å². The molecule has 0 amide bonds. The lowest BCUT2D eigenvalue weighted by atomic mass is 10.1. The number of hydrogen-bond acceptors (Lipinski definition) is 2. The second-order valence-electron chi connectivity index (χ2n) is 4.09. The molecule has 1 aromatic carbocycles. The van der Waals surface area contributed by atoms with E-state index >= 15 is 0 Å². The second kappa shape index (κ2) is 7.66. The van der Waals surface area contributed by atoms with Crippen LogP contribution in [0.25, 0.3) is 0 Å². The van der Waals surface area contributed by atoms with Crippen molar-refractivity contribution < 1.29 is 0 Å². The highest BCUT2D eigenvalue weighted by Crippen LogP contribution is 2.09. The molecular formula is C13H21ClN2. The molecule has 16 heavy (non-hydrogen) atoms. The van der Waals surface area contributed by atoms with E-state index in [-0.39, 0.29) is 0 Å². The van der Waals surface area contributed by atoms with Gasteiger partial charge in [0.2, 0.25) is 0 Å². The summed E-state index contributed by atoms with van der Waals surface area (Å²) in [6.07, 6.45) is 1.20. The van der Waals surface area contributed by atoms with Crippen molar-refractivity contribution >= 4 is 11.6 Å². The first-order valence-corrected chi connectivity index (χ1v) is 6.23. The normalized spacial score (nSPS) is 12.7. The van der Waals surface area contributed by atoms with Crippen LogP contribution in [0.5, 0.6) is 0 Å². The van der Waals surface area contributed by atoms with Crippen molar-refractivity contribution in [2.75, 3.05) is 20.1 Å². The van der Waals surface area contributed by atoms with Gasteiger partial charge in [0, 0.05) is 11.6 Å². The lowest BCUT2D eigenvalue weighted by Crippen LogP contribution is -2.29. The summed E-state index contributed by atoms with van der Waals surface area (Å²) in [5, 5.41) is 7.49. The molecule has 0 aliphatic carbocycles. The van der Waals surface area contributed by atoms with E-state index in [2.05, 4.69) is 29.7 Å². The van der Waals surface area contributed by atoms with Gasteiger partial charge < -0.3 is 10.6 Å². The van der Waals surface area contributed by atoms with Crippen LogP contribution >= 0.6 is 11.6 Å². The quantitative estimate of drug-likeness (QED) is 0.766. The molecule has 0 aromatic heterocycles. The minimum absolute atomic E-state index is 0.706. The first kappa shape index (κ1) is 13.5. The Bertz CT molecular complexity index is 284. The molecule has 1 aromatic rings. The van der Waals surface area contributed by atoms with Gasteiger partial charge in [-0.3, -0.25) is 0 Å². The third-order valence-electron chi connectivity index (χ3n) is 2.75. The highest BCUT2D eigenvalue weighted by atomic mass is 35.5. The Labute approximate surface area is 103 Å². The van der Waals surface area contributed by atoms with Crippen LogP contribution < -0.4 is 10.6 Å². The zero-order valence-corrected chi connectivity index (χ0v) is 10.8. The Morgan fingerprint density at radius 2 is 1.88 bits per heavy atom. The summed E-state index contributed by atoms with van der Waals surface area (Å²) in [6.45, 7) is 5.27. The Balaban J connectivity index is 2.26. The summed E-state index contributed by atoms with van der Waals surface area (Å²) in [5.41, 5.74) is 1.28. The molecule has 2 N–H and O–H groups in total. The Morgan fingerprint density at radius 3 is 2.44 bits per heavy atom. The summed E-state index contributed by atoms with van der Waals surface area (Å²) in [5.74, 6) is 0.706. The van der Waals surface area contributed by atoms with Gasteiger partial charge in [-0.25, -0.2) is 0 Å². The number of rotatable bonds is 7. The third kappa shape index (κ3) is 4.97. The molecule has 1 atom stereocenters. The lowest BCUT2D eigenvalue weighted by molar-refractivity contribution is 0.445. The molecule has 2 nitrogen and oxygen atoms in total. The fourth-order valence-corrected chi connectivity index (χ4v) is 1.80. The topological polar surface area (TPSA) is 24.1 Å². The summed E-state index contributed by atoms with van der Waals surface area (Å²) in [7, 11) is 2.00. The monoisotopic (exact) mass is 240 g/mol. The van der Waals surface area contributed by atoms with Crippen molar-refractivity contribution in [3.8, 4) is 0 Å². The Hall–Kier alpha value is -0.570. The minimum atomic E-state index is 0.706. The summed E-state index contributed by atoms with van der Waals surface area (Å²) in [6, 6.07) is 8.00. The third-order valence-corrected chi connectivity index (χ3v) is 3.00. The predicted molar refractivity (Wildman–Crippen MR) is 70.9 cm³/mol. The molecule has 0 spiro atoms. The zero-order valence-electron chi connectivity index (χ0n) is 10.1. The maximum Gasteiger partial charge on any atom is 0.0406 e. The van der Waals surface area contributed by atoms with Crippen molar-refractivity contribution in [3.05, 3.63) is 34.9 Å². The van der Waals surface area contributed by atoms with Crippen molar-refractivity contribution in [2.45, 2.75) is 19.9 Å². The van der Waals surface area contributed by atoms with Gasteiger partial charge in [-0.1, -0.05) is 37.1 Å². The van der Waals surface area contributed by atoms with Crippen LogP contribution in [-0.2, 0) is 6.54 Å². The highest BCUT2D eigenvalue weighted by Gasteiger charge is 2.03. The van der Waals surface area contributed by atoms with Gasteiger partial charge in [0.15, 0.2) is 0 Å². The first-order valence-electron chi connectivity index (χ1n) is 5.86. The molecular weight excluding hydrogens is 220 g/mol. The average molecular weight is 241 g/mol. The SMILES string of the molecule is CCC(CNC)CNCc1ccc(Cl)cc1. The lowest BCUT2D eigenvalue weighted by Gasteiger charge is -2.15. The summed E-state index contributed by atoms with van der Waals surface area (Å²) < 4.78 is 0. The van der Waals surface area contributed by atoms with E-state index in [9.17, 15) is 0 Å². The number of benzene rings is 1. The van der Waals surface area contributed by atoms with Gasteiger partial charge in [0.25, 0.3) is 0 Å². The largest absolute Gasteiger partial charge is 0.319 e. The van der Waals surface area contributed by atoms with E-state index in [4.69, 9.17) is 11.6 Å². The van der Waals surface area contributed by atoms with Gasteiger partial charge >= 0.3 is 0 Å². The molecule has 0 fully saturated rings. The minimum Gasteiger partial charge on any atom is -0.319 e. The molecule has 0 aliphatic rings. The van der Waals surface area contributed by atoms with Crippen molar-refractivity contribution in [1.29, 1.82) is 0 Å². The van der Waals surface area contributed by atoms with Crippen LogP contribution in [0.3, 0.4) is 0 Å². The molecule has 0 aliphatic heterocycles. The van der Waals surface area contributed by atoms with E-state index in [0.29, 0.717) is 5.92 Å². The maximum atomic E-state index is 5.83. The van der Waals surface area contributed by atoms with Gasteiger partial charge in [0.1, 0.15) is 0 Å². The van der Waals surface area contributed by atoms with Crippen LogP contribution in [-0.4, -0.2) is 20.1 Å². The van der Waals surface area contributed by atoms with Crippen LogP contribution in [0.4, 0.5) is 0 Å². The van der Waals surface area contributed by atoms with Crippen molar-refractivity contribution in [3.63, 3.8) is 0 Å². The standard InChI is InChI=1S/C13H21ClN2/c1-3-11(8-15-2)9-16-10-12-4-6-13(14)7-5-12/h4-7,11,15-16H,3,8-10H2,1-2H3. The van der Waals surface area contributed by atoms with Crippen LogP contribution in [0.2, 0.25) is 5.02 Å². The molecule has 0 radical (unpaired) electrons. The average Bonchev–Trinajstić information content (AvgIpc) is 2.30. The van der Waals surface area contributed by atoms with E-state index in [1.54, 1.807) is 0 Å². The van der Waals surface area contributed by atoms with E-state index in [0.717, 1.165) is 24.7 Å². The van der Waals surface area contributed by atoms with Crippen molar-refractivity contribution in [2.24, 2.45) is 5.92 Å². The predicted octanol–water partition coefficient (Wildman–Crippen LogP) is 2.68. The second-order valence-corrected chi connectivity index (χ2v) is 4.53. The molecule has 0 saturated carbocycles. The number of hydrogen-bond donors (Lipinski definition) is 2. The molecule has 90 valence electrons. The molecule has 0 saturated heterocycles. The Kier molecular flexibility index (Phi) is 6.46. The van der Waals surface area contributed by atoms with Crippen molar-refractivity contribution in [1.82, 2.24) is 10.6 Å². The van der Waals surface area contributed by atoms with Crippen LogP contribution in [0.1, 0.15) is 18.9 Å². The van der Waals surface area contributed by atoms with Gasteiger partial charge in [-0.15, -0.1) is 0 Å². The molecule has 0 heterocycles. The smallest absolute Gasteiger partial charge is 0.0406 e. The number of nitrogens with one attached hydrogen (secondary N) is 2. The van der Waals surface area contributed by atoms with E-state index in [1.165, 1.54) is 12.0 Å². The summed E-state index contributed by atoms with van der Waals surface area (Å²) >= 11 is 5.83. The first-order chi connectivity index (χ1) is 7.76. The van der Waals surface area contributed by atoms with Gasteiger partial charge in [-0.2, -0.15) is 0 Å².